The fraction of sp³-hybridized carbons (Fsp3) is 0.455. The predicted octanol–water partition coefficient (Wildman–Crippen LogP) is 1.82. The van der Waals surface area contributed by atoms with Gasteiger partial charge in [0, 0.05) is 18.0 Å². The van der Waals surface area contributed by atoms with E-state index in [2.05, 4.69) is 0 Å². The molecule has 0 aliphatic heterocycles. The van der Waals surface area contributed by atoms with Gasteiger partial charge >= 0.3 is 0 Å². The molecule has 0 unspecified atom stereocenters. The van der Waals surface area contributed by atoms with E-state index in [9.17, 15) is 4.39 Å². The molecule has 0 aromatic heterocycles. The molecule has 0 atom stereocenters. The lowest BCUT2D eigenvalue weighted by molar-refractivity contribution is 0.410. The highest BCUT2D eigenvalue weighted by atomic mass is 19.1. The van der Waals surface area contributed by atoms with Crippen molar-refractivity contribution >= 4 is 0 Å². The van der Waals surface area contributed by atoms with Crippen molar-refractivity contribution in [2.45, 2.75) is 18.3 Å². The summed E-state index contributed by atoms with van der Waals surface area (Å²) in [4.78, 5) is 0. The van der Waals surface area contributed by atoms with Gasteiger partial charge in [0.25, 0.3) is 0 Å². The molecule has 0 amide bonds. The van der Waals surface area contributed by atoms with Crippen LogP contribution in [0.25, 0.3) is 0 Å². The van der Waals surface area contributed by atoms with Gasteiger partial charge in [0.2, 0.25) is 0 Å². The van der Waals surface area contributed by atoms with Gasteiger partial charge in [0.15, 0.2) is 0 Å². The molecule has 2 N–H and O–H groups in total. The van der Waals surface area contributed by atoms with Crippen LogP contribution in [0.15, 0.2) is 18.2 Å². The minimum absolute atomic E-state index is 0.0869. The number of halogens is 1. The maximum Gasteiger partial charge on any atom is 0.130 e. The van der Waals surface area contributed by atoms with E-state index >= 15 is 0 Å². The van der Waals surface area contributed by atoms with Gasteiger partial charge in [0.05, 0.1) is 7.11 Å². The van der Waals surface area contributed by atoms with Crippen molar-refractivity contribution in [3.05, 3.63) is 29.6 Å². The molecule has 1 saturated carbocycles. The first-order chi connectivity index (χ1) is 6.72. The summed E-state index contributed by atoms with van der Waals surface area (Å²) in [5.74, 6) is 0.353. The molecular formula is C11H14FNO. The number of rotatable bonds is 3. The second-order valence-corrected chi connectivity index (χ2v) is 3.83. The third kappa shape index (κ3) is 1.38. The lowest BCUT2D eigenvalue weighted by atomic mass is 9.95. The lowest BCUT2D eigenvalue weighted by Gasteiger charge is -2.14. The normalized spacial score (nSPS) is 17.9. The molecule has 1 fully saturated rings. The fourth-order valence-electron chi connectivity index (χ4n) is 1.79. The summed E-state index contributed by atoms with van der Waals surface area (Å²) < 4.78 is 18.6. The Hall–Kier alpha value is -1.09. The molecule has 3 heteroatoms. The molecule has 1 aliphatic rings. The van der Waals surface area contributed by atoms with Crippen LogP contribution in [-0.2, 0) is 5.41 Å². The summed E-state index contributed by atoms with van der Waals surface area (Å²) >= 11 is 0. The molecule has 0 saturated heterocycles. The maximum atomic E-state index is 13.6. The van der Waals surface area contributed by atoms with Crippen LogP contribution in [0.3, 0.4) is 0 Å². The quantitative estimate of drug-likeness (QED) is 0.798. The molecule has 1 aromatic carbocycles. The van der Waals surface area contributed by atoms with Crippen molar-refractivity contribution in [3.8, 4) is 5.75 Å². The Balaban J connectivity index is 2.36. The molecule has 0 heterocycles. The van der Waals surface area contributed by atoms with Crippen LogP contribution in [0, 0.1) is 5.82 Å². The van der Waals surface area contributed by atoms with Crippen LogP contribution in [0.1, 0.15) is 18.4 Å². The van der Waals surface area contributed by atoms with Crippen molar-refractivity contribution in [2.75, 3.05) is 13.7 Å². The Morgan fingerprint density at radius 2 is 2.21 bits per heavy atom. The van der Waals surface area contributed by atoms with E-state index in [1.165, 1.54) is 13.2 Å². The standard InChI is InChI=1S/C11H14FNO/c1-14-8-2-3-9(10(12)6-8)11(7-13)4-5-11/h2-3,6H,4-5,7,13H2,1H3. The van der Waals surface area contributed by atoms with Gasteiger partial charge in [-0.25, -0.2) is 4.39 Å². The molecule has 0 bridgehead atoms. The summed E-state index contributed by atoms with van der Waals surface area (Å²) in [6, 6.07) is 4.99. The van der Waals surface area contributed by atoms with Gasteiger partial charge < -0.3 is 10.5 Å². The van der Waals surface area contributed by atoms with E-state index in [0.29, 0.717) is 12.3 Å². The predicted molar refractivity (Wildman–Crippen MR) is 52.9 cm³/mol. The van der Waals surface area contributed by atoms with Crippen LogP contribution >= 0.6 is 0 Å². The Kier molecular flexibility index (Phi) is 2.19. The van der Waals surface area contributed by atoms with E-state index in [1.54, 1.807) is 12.1 Å². The van der Waals surface area contributed by atoms with Gasteiger partial charge in [-0.1, -0.05) is 6.07 Å². The van der Waals surface area contributed by atoms with Crippen molar-refractivity contribution < 1.29 is 9.13 Å². The minimum atomic E-state index is -0.202. The number of ether oxygens (including phenoxy) is 1. The fourth-order valence-corrected chi connectivity index (χ4v) is 1.79. The van der Waals surface area contributed by atoms with Crippen LogP contribution in [0.5, 0.6) is 5.75 Å². The summed E-state index contributed by atoms with van der Waals surface area (Å²) in [7, 11) is 1.53. The Bertz CT molecular complexity index is 347. The first kappa shape index (κ1) is 9.46. The molecule has 2 nitrogen and oxygen atoms in total. The van der Waals surface area contributed by atoms with Crippen molar-refractivity contribution in [2.24, 2.45) is 5.73 Å². The average Bonchev–Trinajstić information content (AvgIpc) is 2.98. The largest absolute Gasteiger partial charge is 0.497 e. The van der Waals surface area contributed by atoms with Gasteiger partial charge in [-0.3, -0.25) is 0 Å². The Morgan fingerprint density at radius 1 is 1.50 bits per heavy atom. The van der Waals surface area contributed by atoms with E-state index in [-0.39, 0.29) is 11.2 Å². The third-order valence-electron chi connectivity index (χ3n) is 2.99. The third-order valence-corrected chi connectivity index (χ3v) is 2.99. The highest BCUT2D eigenvalue weighted by Crippen LogP contribution is 2.48. The van der Waals surface area contributed by atoms with E-state index in [0.717, 1.165) is 18.4 Å². The van der Waals surface area contributed by atoms with E-state index in [1.807, 2.05) is 0 Å². The summed E-state index contributed by atoms with van der Waals surface area (Å²) in [5.41, 5.74) is 6.29. The molecular weight excluding hydrogens is 181 g/mol. The van der Waals surface area contributed by atoms with Gasteiger partial charge in [-0.2, -0.15) is 0 Å². The van der Waals surface area contributed by atoms with E-state index in [4.69, 9.17) is 10.5 Å². The zero-order valence-corrected chi connectivity index (χ0v) is 8.22. The van der Waals surface area contributed by atoms with E-state index < -0.39 is 0 Å². The molecule has 76 valence electrons. The second kappa shape index (κ2) is 3.24. The smallest absolute Gasteiger partial charge is 0.130 e. The highest BCUT2D eigenvalue weighted by Gasteiger charge is 2.44. The highest BCUT2D eigenvalue weighted by molar-refractivity contribution is 5.37. The molecule has 14 heavy (non-hydrogen) atoms. The lowest BCUT2D eigenvalue weighted by Crippen LogP contribution is -2.20. The number of hydrogen-bond acceptors (Lipinski definition) is 2. The first-order valence-corrected chi connectivity index (χ1v) is 4.76. The van der Waals surface area contributed by atoms with Gasteiger partial charge in [0.1, 0.15) is 11.6 Å². The van der Waals surface area contributed by atoms with Crippen LogP contribution < -0.4 is 10.5 Å². The van der Waals surface area contributed by atoms with Crippen LogP contribution in [-0.4, -0.2) is 13.7 Å². The van der Waals surface area contributed by atoms with Gasteiger partial charge in [-0.05, 0) is 24.5 Å². The maximum absolute atomic E-state index is 13.6. The number of hydrogen-bond donors (Lipinski definition) is 1. The molecule has 0 radical (unpaired) electrons. The topological polar surface area (TPSA) is 35.2 Å². The van der Waals surface area contributed by atoms with Crippen molar-refractivity contribution in [3.63, 3.8) is 0 Å². The number of benzene rings is 1. The van der Waals surface area contributed by atoms with Crippen LogP contribution in [0.4, 0.5) is 4.39 Å². The second-order valence-electron chi connectivity index (χ2n) is 3.83. The zero-order valence-electron chi connectivity index (χ0n) is 8.22. The number of nitrogens with two attached hydrogens (primary N) is 1. The monoisotopic (exact) mass is 195 g/mol. The number of methoxy groups -OCH3 is 1. The molecule has 1 aromatic rings. The minimum Gasteiger partial charge on any atom is -0.497 e. The van der Waals surface area contributed by atoms with Crippen LogP contribution in [0.2, 0.25) is 0 Å². The Morgan fingerprint density at radius 3 is 2.64 bits per heavy atom. The molecule has 1 aliphatic carbocycles. The van der Waals surface area contributed by atoms with Crippen molar-refractivity contribution in [1.29, 1.82) is 0 Å². The van der Waals surface area contributed by atoms with Crippen molar-refractivity contribution in [1.82, 2.24) is 0 Å². The zero-order chi connectivity index (χ0) is 10.2. The van der Waals surface area contributed by atoms with Gasteiger partial charge in [-0.15, -0.1) is 0 Å². The SMILES string of the molecule is COc1ccc(C2(CN)CC2)c(F)c1. The Labute approximate surface area is 82.9 Å². The summed E-state index contributed by atoms with van der Waals surface area (Å²) in [5, 5.41) is 0. The average molecular weight is 195 g/mol. The molecule has 2 rings (SSSR count). The molecule has 0 spiro atoms. The summed E-state index contributed by atoms with van der Waals surface area (Å²) in [6.07, 6.45) is 1.99. The summed E-state index contributed by atoms with van der Waals surface area (Å²) in [6.45, 7) is 0.524. The first-order valence-electron chi connectivity index (χ1n) is 4.76.